The predicted molar refractivity (Wildman–Crippen MR) is 126 cm³/mol. The number of thiophene rings is 1. The van der Waals surface area contributed by atoms with Crippen LogP contribution in [0.3, 0.4) is 0 Å². The Balaban J connectivity index is 1.97. The number of carbonyl (C=O) groups excluding carboxylic acids is 1. The highest BCUT2D eigenvalue weighted by Gasteiger charge is 2.33. The van der Waals surface area contributed by atoms with E-state index in [0.717, 1.165) is 4.88 Å². The Morgan fingerprint density at radius 3 is 2.90 bits per heavy atom. The summed E-state index contributed by atoms with van der Waals surface area (Å²) in [5.74, 6) is -0.609. The van der Waals surface area contributed by atoms with Crippen LogP contribution in [0.5, 0.6) is 5.75 Å². The molecule has 0 aliphatic carbocycles. The average Bonchev–Trinajstić information content (AvgIpc) is 3.34. The van der Waals surface area contributed by atoms with Gasteiger partial charge in [0.1, 0.15) is 11.8 Å². The molecule has 31 heavy (non-hydrogen) atoms. The van der Waals surface area contributed by atoms with Crippen LogP contribution >= 0.6 is 50.2 Å². The van der Waals surface area contributed by atoms with Crippen molar-refractivity contribution in [1.29, 1.82) is 0 Å². The molecule has 1 aromatic carbocycles. The molecule has 0 saturated heterocycles. The Morgan fingerprint density at radius 1 is 1.45 bits per heavy atom. The molecule has 10 heteroatoms. The first-order valence-corrected chi connectivity index (χ1v) is 12.1. The summed E-state index contributed by atoms with van der Waals surface area (Å²) >= 11 is 12.0. The summed E-state index contributed by atoms with van der Waals surface area (Å²) in [6.45, 7) is 3.70. The third kappa shape index (κ3) is 4.03. The molecule has 6 nitrogen and oxygen atoms in total. The second kappa shape index (κ2) is 8.74. The Bertz CT molecular complexity index is 1390. The smallest absolute Gasteiger partial charge is 0.338 e. The maximum absolute atomic E-state index is 13.4. The SMILES string of the molecule is CCOC(=O)C1=C(C)N=c2s/c(=C\c3cc(Br)cc(Cl)c3O)c(=O)n2C1c1cccs1. The number of hydrogen-bond acceptors (Lipinski definition) is 7. The molecule has 0 saturated carbocycles. The van der Waals surface area contributed by atoms with Crippen molar-refractivity contribution in [1.82, 2.24) is 4.57 Å². The van der Waals surface area contributed by atoms with Crippen LogP contribution in [0.15, 0.2) is 55.2 Å². The van der Waals surface area contributed by atoms with E-state index in [9.17, 15) is 14.7 Å². The molecule has 0 fully saturated rings. The van der Waals surface area contributed by atoms with Crippen LogP contribution in [0, 0.1) is 0 Å². The number of allylic oxidation sites excluding steroid dienone is 1. The second-order valence-electron chi connectivity index (χ2n) is 6.64. The largest absolute Gasteiger partial charge is 0.506 e. The van der Waals surface area contributed by atoms with Crippen molar-refractivity contribution in [2.75, 3.05) is 6.61 Å². The number of carbonyl (C=O) groups is 1. The first kappa shape index (κ1) is 22.0. The molecule has 1 aliphatic rings. The van der Waals surface area contributed by atoms with Crippen molar-refractivity contribution >= 4 is 62.2 Å². The Morgan fingerprint density at radius 2 is 2.23 bits per heavy atom. The monoisotopic (exact) mass is 538 g/mol. The Labute approximate surface area is 198 Å². The van der Waals surface area contributed by atoms with Crippen molar-refractivity contribution in [3.63, 3.8) is 0 Å². The summed E-state index contributed by atoms with van der Waals surface area (Å²) in [5, 5.41) is 12.4. The van der Waals surface area contributed by atoms with Gasteiger partial charge in [-0.3, -0.25) is 9.36 Å². The minimum atomic E-state index is -0.628. The zero-order valence-corrected chi connectivity index (χ0v) is 20.4. The van der Waals surface area contributed by atoms with E-state index in [1.165, 1.54) is 27.2 Å². The van der Waals surface area contributed by atoms with Gasteiger partial charge in [0, 0.05) is 14.9 Å². The van der Waals surface area contributed by atoms with Crippen molar-refractivity contribution in [3.8, 4) is 5.75 Å². The molecular formula is C21H16BrClN2O4S2. The number of benzene rings is 1. The van der Waals surface area contributed by atoms with Crippen LogP contribution in [0.2, 0.25) is 5.02 Å². The highest BCUT2D eigenvalue weighted by Crippen LogP contribution is 2.34. The van der Waals surface area contributed by atoms with E-state index in [1.807, 2.05) is 17.5 Å². The Kier molecular flexibility index (Phi) is 6.20. The molecule has 4 rings (SSSR count). The molecule has 160 valence electrons. The number of rotatable bonds is 4. The van der Waals surface area contributed by atoms with Gasteiger partial charge in [-0.25, -0.2) is 9.79 Å². The number of esters is 1. The minimum Gasteiger partial charge on any atom is -0.506 e. The van der Waals surface area contributed by atoms with Gasteiger partial charge >= 0.3 is 5.97 Å². The quantitative estimate of drug-likeness (QED) is 0.509. The number of nitrogens with zero attached hydrogens (tertiary/aromatic N) is 2. The first-order valence-electron chi connectivity index (χ1n) is 9.23. The molecule has 3 aromatic rings. The molecule has 1 atom stereocenters. The van der Waals surface area contributed by atoms with Crippen LogP contribution in [0.1, 0.15) is 30.3 Å². The van der Waals surface area contributed by atoms with Gasteiger partial charge < -0.3 is 9.84 Å². The van der Waals surface area contributed by atoms with Crippen molar-refractivity contribution < 1.29 is 14.6 Å². The highest BCUT2D eigenvalue weighted by molar-refractivity contribution is 9.10. The lowest BCUT2D eigenvalue weighted by atomic mass is 10.0. The number of ether oxygens (including phenoxy) is 1. The number of aromatic nitrogens is 1. The van der Waals surface area contributed by atoms with Crippen molar-refractivity contribution in [2.24, 2.45) is 4.99 Å². The molecule has 0 spiro atoms. The minimum absolute atomic E-state index is 0.117. The number of hydrogen-bond donors (Lipinski definition) is 1. The van der Waals surface area contributed by atoms with Gasteiger partial charge in [0.05, 0.1) is 27.4 Å². The van der Waals surface area contributed by atoms with E-state index < -0.39 is 12.0 Å². The van der Waals surface area contributed by atoms with Gasteiger partial charge in [0.2, 0.25) is 0 Å². The third-order valence-electron chi connectivity index (χ3n) is 4.67. The van der Waals surface area contributed by atoms with Gasteiger partial charge in [-0.1, -0.05) is 44.9 Å². The van der Waals surface area contributed by atoms with Crippen LogP contribution < -0.4 is 14.9 Å². The zero-order valence-electron chi connectivity index (χ0n) is 16.4. The molecular weight excluding hydrogens is 524 g/mol. The van der Waals surface area contributed by atoms with Gasteiger partial charge in [-0.15, -0.1) is 11.3 Å². The van der Waals surface area contributed by atoms with Crippen LogP contribution in [0.25, 0.3) is 6.08 Å². The van der Waals surface area contributed by atoms with Gasteiger partial charge in [-0.2, -0.15) is 0 Å². The second-order valence-corrected chi connectivity index (χ2v) is 9.95. The molecule has 0 amide bonds. The summed E-state index contributed by atoms with van der Waals surface area (Å²) in [6.07, 6.45) is 1.57. The first-order chi connectivity index (χ1) is 14.8. The normalized spacial score (nSPS) is 16.3. The zero-order chi connectivity index (χ0) is 22.3. The third-order valence-corrected chi connectivity index (χ3v) is 7.33. The number of fused-ring (bicyclic) bond motifs is 1. The number of phenols is 1. The summed E-state index contributed by atoms with van der Waals surface area (Å²) in [5.41, 5.74) is 0.945. The lowest BCUT2D eigenvalue weighted by Crippen LogP contribution is -2.39. The number of thiazole rings is 1. The summed E-state index contributed by atoms with van der Waals surface area (Å²) in [4.78, 5) is 32.0. The molecule has 1 N–H and O–H groups in total. The number of aromatic hydroxyl groups is 1. The maximum Gasteiger partial charge on any atom is 0.338 e. The van der Waals surface area contributed by atoms with Gasteiger partial charge in [-0.05, 0) is 43.5 Å². The number of phenolic OH excluding ortho intramolecular Hbond substituents is 1. The lowest BCUT2D eigenvalue weighted by molar-refractivity contribution is -0.139. The van der Waals surface area contributed by atoms with E-state index in [-0.39, 0.29) is 22.9 Å². The Hall–Kier alpha value is -2.20. The van der Waals surface area contributed by atoms with Crippen molar-refractivity contribution in [3.05, 3.63) is 80.5 Å². The number of halogens is 2. The van der Waals surface area contributed by atoms with E-state index in [2.05, 4.69) is 20.9 Å². The molecule has 1 aliphatic heterocycles. The van der Waals surface area contributed by atoms with Crippen LogP contribution in [0.4, 0.5) is 0 Å². The fourth-order valence-corrected chi connectivity index (χ4v) is 6.04. The maximum atomic E-state index is 13.4. The van der Waals surface area contributed by atoms with E-state index >= 15 is 0 Å². The highest BCUT2D eigenvalue weighted by atomic mass is 79.9. The average molecular weight is 540 g/mol. The van der Waals surface area contributed by atoms with Crippen molar-refractivity contribution in [2.45, 2.75) is 19.9 Å². The van der Waals surface area contributed by atoms with Crippen LogP contribution in [-0.2, 0) is 9.53 Å². The van der Waals surface area contributed by atoms with Gasteiger partial charge in [0.15, 0.2) is 4.80 Å². The van der Waals surface area contributed by atoms with Gasteiger partial charge in [0.25, 0.3) is 5.56 Å². The fraction of sp³-hybridized carbons (Fsp3) is 0.190. The van der Waals surface area contributed by atoms with Crippen LogP contribution in [-0.4, -0.2) is 22.2 Å². The molecule has 0 bridgehead atoms. The van der Waals surface area contributed by atoms with E-state index in [0.29, 0.717) is 30.6 Å². The standard InChI is InChI=1S/C21H16BrClN2O4S2/c1-3-29-20(28)16-10(2)24-21-25(17(16)14-5-4-6-30-14)19(27)15(31-21)8-11-7-12(22)9-13(23)18(11)26/h4-9,17,26H,3H2,1-2H3/b15-8-. The summed E-state index contributed by atoms with van der Waals surface area (Å²) < 4.78 is 7.80. The van der Waals surface area contributed by atoms with E-state index in [1.54, 1.807) is 32.1 Å². The topological polar surface area (TPSA) is 80.9 Å². The summed E-state index contributed by atoms with van der Waals surface area (Å²) in [7, 11) is 0. The predicted octanol–water partition coefficient (Wildman–Crippen LogP) is 3.98. The lowest BCUT2D eigenvalue weighted by Gasteiger charge is -2.23. The van der Waals surface area contributed by atoms with E-state index in [4.69, 9.17) is 16.3 Å². The molecule has 3 heterocycles. The summed E-state index contributed by atoms with van der Waals surface area (Å²) in [6, 6.07) is 6.37. The molecule has 1 unspecified atom stereocenters. The molecule has 2 aromatic heterocycles. The fourth-order valence-electron chi connectivity index (χ4n) is 3.34. The molecule has 0 radical (unpaired) electrons.